The van der Waals surface area contributed by atoms with Crippen LogP contribution < -0.4 is 26.3 Å². The fourth-order valence-corrected chi connectivity index (χ4v) is 9.92. The van der Waals surface area contributed by atoms with Gasteiger partial charge in [0.15, 0.2) is 5.82 Å². The van der Waals surface area contributed by atoms with Crippen molar-refractivity contribution < 1.29 is 19.1 Å². The Balaban J connectivity index is 0.941. The molecule has 1 saturated heterocycles. The summed E-state index contributed by atoms with van der Waals surface area (Å²) in [6, 6.07) is 36.9. The number of hydrogen-bond acceptors (Lipinski definition) is 12. The number of nitrogens with two attached hydrogens (primary N) is 2. The minimum Gasteiger partial charge on any atom is -0.457 e. The highest BCUT2D eigenvalue weighted by molar-refractivity contribution is 6.09. The first-order valence-electron chi connectivity index (χ1n) is 24.4. The van der Waals surface area contributed by atoms with Gasteiger partial charge in [-0.3, -0.25) is 19.4 Å². The lowest BCUT2D eigenvalue weighted by atomic mass is 9.92. The molecule has 0 spiro atoms. The molecule has 1 fully saturated rings. The van der Waals surface area contributed by atoms with E-state index in [0.717, 1.165) is 91.8 Å². The number of likely N-dealkylation sites (tertiary alicyclic amines) is 1. The summed E-state index contributed by atoms with van der Waals surface area (Å²) in [6.45, 7) is 10.8. The molecule has 2 amide bonds. The van der Waals surface area contributed by atoms with Crippen LogP contribution in [0, 0.1) is 6.92 Å². The normalized spacial score (nSPS) is 13.6. The van der Waals surface area contributed by atoms with E-state index in [1.54, 1.807) is 12.3 Å². The minimum absolute atomic E-state index is 0.0569. The van der Waals surface area contributed by atoms with Crippen molar-refractivity contribution >= 4 is 51.2 Å². The third kappa shape index (κ3) is 9.64. The number of nitrogen functional groups attached to an aromatic ring is 2. The van der Waals surface area contributed by atoms with Crippen molar-refractivity contribution in [1.29, 1.82) is 0 Å². The number of nitrogens with zero attached hydrogens (tertiary/aromatic N) is 9. The number of rotatable bonds is 14. The molecule has 372 valence electrons. The second-order valence-electron chi connectivity index (χ2n) is 18.3. The van der Waals surface area contributed by atoms with Gasteiger partial charge in [-0.05, 0) is 121 Å². The predicted octanol–water partition coefficient (Wildman–Crippen LogP) is 10.9. The van der Waals surface area contributed by atoms with E-state index in [4.69, 9.17) is 36.0 Å². The Hall–Kier alpha value is -9.90. The van der Waals surface area contributed by atoms with E-state index in [1.807, 2.05) is 132 Å². The van der Waals surface area contributed by atoms with Gasteiger partial charge in [0.1, 0.15) is 40.9 Å². The first-order valence-corrected chi connectivity index (χ1v) is 24.4. The Kier molecular flexibility index (Phi) is 12.8. The lowest BCUT2D eigenvalue weighted by molar-refractivity contribution is -0.126. The maximum absolute atomic E-state index is 12.6. The van der Waals surface area contributed by atoms with Crippen LogP contribution in [0.3, 0.4) is 0 Å². The number of pyridine rings is 2. The fourth-order valence-electron chi connectivity index (χ4n) is 9.92. The summed E-state index contributed by atoms with van der Waals surface area (Å²) in [5, 5.41) is 16.5. The molecule has 1 atom stereocenters. The van der Waals surface area contributed by atoms with Gasteiger partial charge in [-0.2, -0.15) is 10.2 Å². The number of aromatic nitrogens is 9. The molecule has 6 N–H and O–H groups in total. The van der Waals surface area contributed by atoms with Crippen molar-refractivity contribution in [2.24, 2.45) is 0 Å². The Morgan fingerprint density at radius 2 is 1.51 bits per heavy atom. The highest BCUT2D eigenvalue weighted by Crippen LogP contribution is 2.44. The largest absolute Gasteiger partial charge is 0.457 e. The number of carbonyl (C=O) groups excluding carboxylic acids is 2. The quantitative estimate of drug-likeness (QED) is 0.0747. The van der Waals surface area contributed by atoms with Gasteiger partial charge in [-0.25, -0.2) is 19.9 Å². The molecule has 0 saturated carbocycles. The van der Waals surface area contributed by atoms with Crippen LogP contribution in [0.1, 0.15) is 36.6 Å². The van der Waals surface area contributed by atoms with Crippen LogP contribution in [0.2, 0.25) is 0 Å². The minimum atomic E-state index is -0.349. The van der Waals surface area contributed by atoms with Gasteiger partial charge in [0.25, 0.3) is 0 Å². The van der Waals surface area contributed by atoms with Gasteiger partial charge in [0.2, 0.25) is 17.7 Å². The summed E-state index contributed by atoms with van der Waals surface area (Å²) in [5.74, 6) is 3.08. The zero-order valence-corrected chi connectivity index (χ0v) is 41.0. The summed E-state index contributed by atoms with van der Waals surface area (Å²) in [4.78, 5) is 45.0. The topological polar surface area (TPSA) is 223 Å². The summed E-state index contributed by atoms with van der Waals surface area (Å²) in [7, 11) is 0. The van der Waals surface area contributed by atoms with Gasteiger partial charge >= 0.3 is 0 Å². The number of H-pyrrole nitrogens is 1. The number of fused-ring (bicyclic) bond motifs is 2. The van der Waals surface area contributed by atoms with Crippen LogP contribution in [0.4, 0.5) is 17.5 Å². The molecule has 4 aromatic carbocycles. The van der Waals surface area contributed by atoms with Crippen LogP contribution in [0.15, 0.2) is 165 Å². The van der Waals surface area contributed by atoms with Crippen LogP contribution in [-0.4, -0.2) is 74.3 Å². The maximum Gasteiger partial charge on any atom is 0.248 e. The Morgan fingerprint density at radius 3 is 2.25 bits per heavy atom. The van der Waals surface area contributed by atoms with E-state index in [2.05, 4.69) is 49.4 Å². The highest BCUT2D eigenvalue weighted by atomic mass is 16.5. The second kappa shape index (κ2) is 20.3. The average Bonchev–Trinajstić information content (AvgIpc) is 4.09. The lowest BCUT2D eigenvalue weighted by Crippen LogP contribution is -2.30. The Bertz CT molecular complexity index is 3770. The van der Waals surface area contributed by atoms with Gasteiger partial charge in [0.05, 0.1) is 34.2 Å². The Morgan fingerprint density at radius 1 is 0.760 bits per heavy atom. The Labute approximate surface area is 431 Å². The van der Waals surface area contributed by atoms with Crippen molar-refractivity contribution in [2.45, 2.75) is 38.8 Å². The number of carbonyl (C=O) groups is 2. The summed E-state index contributed by atoms with van der Waals surface area (Å²) in [6.07, 6.45) is 12.2. The van der Waals surface area contributed by atoms with E-state index < -0.39 is 0 Å². The first kappa shape index (κ1) is 47.4. The fraction of sp³-hybridized carbons (Fsp3) is 0.138. The summed E-state index contributed by atoms with van der Waals surface area (Å²) in [5.41, 5.74) is 23.2. The molecule has 17 heteroatoms. The van der Waals surface area contributed by atoms with E-state index in [0.29, 0.717) is 65.5 Å². The standard InChI is InChI=1S/C58H51N13O4/c1-4-48(72)66-47-24-17-39(30-61-47)45-22-23-46-53(57(60)68-67-46)51(45)37-13-20-44(21-14-37)75-49-29-36(28-35(3)65-49)32-70-55(40-31-64-71(33-40)41-10-9-26-69(27-25-41)50(73)5-2)52(54-56(59)62-34-63-58(54)70)38-15-18-43(19-16-38)74-42-11-7-6-8-12-42/h4-8,11-24,28-31,33-34,41H,1-2,9-10,25-27,32H2,3H3,(H2,59,62,63)(H3,60,67,68)(H,61,66,72). The molecule has 6 aromatic heterocycles. The van der Waals surface area contributed by atoms with Crippen molar-refractivity contribution in [3.8, 4) is 67.8 Å². The average molecular weight is 994 g/mol. The number of nitrogens with one attached hydrogen (secondary N) is 2. The van der Waals surface area contributed by atoms with Gasteiger partial charge in [-0.1, -0.05) is 61.7 Å². The van der Waals surface area contributed by atoms with E-state index >= 15 is 0 Å². The van der Waals surface area contributed by atoms with E-state index in [9.17, 15) is 9.59 Å². The molecule has 0 bridgehead atoms. The third-order valence-electron chi connectivity index (χ3n) is 13.4. The molecule has 10 aromatic rings. The van der Waals surface area contributed by atoms with Crippen LogP contribution >= 0.6 is 0 Å². The molecular weight excluding hydrogens is 943 g/mol. The zero-order chi connectivity index (χ0) is 51.6. The van der Waals surface area contributed by atoms with Crippen molar-refractivity contribution in [3.63, 3.8) is 0 Å². The number of anilines is 3. The number of hydrogen-bond donors (Lipinski definition) is 4. The molecule has 0 aliphatic carbocycles. The van der Waals surface area contributed by atoms with Crippen LogP contribution in [-0.2, 0) is 16.1 Å². The van der Waals surface area contributed by atoms with Gasteiger partial charge < -0.3 is 35.7 Å². The van der Waals surface area contributed by atoms with Crippen molar-refractivity contribution in [1.82, 2.24) is 49.4 Å². The number of benzene rings is 4. The van der Waals surface area contributed by atoms with E-state index in [1.165, 1.54) is 18.5 Å². The molecule has 11 rings (SSSR count). The SMILES string of the molecule is C=CC(=O)Nc1ccc(-c2ccc3[nH]nc(N)c3c2-c2ccc(Oc3cc(Cn4c(-c5cnn(C6CCCN(C(=O)C=C)CC6)c5)c(-c5ccc(Oc6ccccc6)cc5)c5c(N)ncnc54)cc(C)n3)cc2)cn1. The van der Waals surface area contributed by atoms with Crippen molar-refractivity contribution in [3.05, 3.63) is 177 Å². The van der Waals surface area contributed by atoms with Crippen LogP contribution in [0.5, 0.6) is 23.1 Å². The number of aryl methyl sites for hydroxylation is 1. The smallest absolute Gasteiger partial charge is 0.248 e. The van der Waals surface area contributed by atoms with Crippen LogP contribution in [0.25, 0.3) is 66.6 Å². The van der Waals surface area contributed by atoms with Crippen molar-refractivity contribution in [2.75, 3.05) is 29.9 Å². The molecule has 0 radical (unpaired) electrons. The first-order chi connectivity index (χ1) is 36.6. The molecule has 1 unspecified atom stereocenters. The molecule has 75 heavy (non-hydrogen) atoms. The van der Waals surface area contributed by atoms with Gasteiger partial charge in [-0.15, -0.1) is 0 Å². The molecular formula is C58H51N13O4. The second-order valence-corrected chi connectivity index (χ2v) is 18.3. The summed E-state index contributed by atoms with van der Waals surface area (Å²) >= 11 is 0. The number of ether oxygens (including phenoxy) is 2. The lowest BCUT2D eigenvalue weighted by Gasteiger charge is -2.18. The maximum atomic E-state index is 12.6. The monoisotopic (exact) mass is 993 g/mol. The number of aromatic amines is 1. The predicted molar refractivity (Wildman–Crippen MR) is 291 cm³/mol. The molecule has 1 aliphatic rings. The number of amides is 2. The zero-order valence-electron chi connectivity index (χ0n) is 41.0. The number of para-hydroxylation sites is 1. The molecule has 17 nitrogen and oxygen atoms in total. The van der Waals surface area contributed by atoms with Gasteiger partial charge in [0, 0.05) is 66.0 Å². The summed E-state index contributed by atoms with van der Waals surface area (Å²) < 4.78 is 16.9. The molecule has 1 aliphatic heterocycles. The third-order valence-corrected chi connectivity index (χ3v) is 13.4. The highest BCUT2D eigenvalue weighted by Gasteiger charge is 2.27. The molecule has 7 heterocycles. The van der Waals surface area contributed by atoms with E-state index in [-0.39, 0.29) is 17.9 Å².